The van der Waals surface area contributed by atoms with Crippen LogP contribution in [0.15, 0.2) is 53.7 Å². The molecule has 6 heteroatoms. The number of methoxy groups -OCH3 is 1. The summed E-state index contributed by atoms with van der Waals surface area (Å²) < 4.78 is 30.4. The Bertz CT molecular complexity index is 954. The maximum absolute atomic E-state index is 12.6. The zero-order valence-corrected chi connectivity index (χ0v) is 13.7. The third-order valence-electron chi connectivity index (χ3n) is 3.55. The molecule has 1 heterocycles. The largest absolute Gasteiger partial charge is 0.497 e. The van der Waals surface area contributed by atoms with Gasteiger partial charge in [-0.05, 0) is 24.6 Å². The van der Waals surface area contributed by atoms with E-state index >= 15 is 0 Å². The van der Waals surface area contributed by atoms with Crippen molar-refractivity contribution in [3.05, 3.63) is 59.8 Å². The molecule has 3 rings (SSSR count). The standard InChI is InChI=1S/C17H16N2O3S/c1-12-15-9-8-14(22-2)10-16(15)19-17(18-12)23(20,21)11-13-6-4-3-5-7-13/h3-10H,11H2,1-2H3. The number of aryl methyl sites for hydroxylation is 1. The molecular formula is C17H16N2O3S. The smallest absolute Gasteiger partial charge is 0.248 e. The van der Waals surface area contributed by atoms with E-state index in [-0.39, 0.29) is 10.9 Å². The van der Waals surface area contributed by atoms with Gasteiger partial charge in [0.1, 0.15) is 5.75 Å². The quantitative estimate of drug-likeness (QED) is 0.689. The molecule has 0 aliphatic heterocycles. The number of nitrogens with zero attached hydrogens (tertiary/aromatic N) is 2. The highest BCUT2D eigenvalue weighted by Gasteiger charge is 2.20. The van der Waals surface area contributed by atoms with Crippen molar-refractivity contribution in [2.45, 2.75) is 17.8 Å². The highest BCUT2D eigenvalue weighted by Crippen LogP contribution is 2.23. The lowest BCUT2D eigenvalue weighted by Gasteiger charge is -2.08. The fourth-order valence-corrected chi connectivity index (χ4v) is 3.64. The molecule has 0 radical (unpaired) electrons. The van der Waals surface area contributed by atoms with Crippen LogP contribution in [0.1, 0.15) is 11.3 Å². The minimum absolute atomic E-state index is 0.122. The summed E-state index contributed by atoms with van der Waals surface area (Å²) in [5, 5.41) is 0.657. The summed E-state index contributed by atoms with van der Waals surface area (Å²) >= 11 is 0. The first-order chi connectivity index (χ1) is 11.0. The number of ether oxygens (including phenoxy) is 1. The van der Waals surface area contributed by atoms with Gasteiger partial charge in [0.25, 0.3) is 0 Å². The molecule has 0 saturated heterocycles. The number of sulfone groups is 1. The summed E-state index contributed by atoms with van der Waals surface area (Å²) in [5.74, 6) is 0.505. The molecule has 0 spiro atoms. The first-order valence-corrected chi connectivity index (χ1v) is 8.74. The molecule has 3 aromatic rings. The summed E-state index contributed by atoms with van der Waals surface area (Å²) in [4.78, 5) is 8.42. The molecule has 0 aliphatic carbocycles. The van der Waals surface area contributed by atoms with Gasteiger partial charge in [0.05, 0.1) is 18.4 Å². The van der Waals surface area contributed by atoms with E-state index in [2.05, 4.69) is 9.97 Å². The zero-order chi connectivity index (χ0) is 16.4. The van der Waals surface area contributed by atoms with E-state index in [1.807, 2.05) is 24.3 Å². The van der Waals surface area contributed by atoms with Gasteiger partial charge in [0, 0.05) is 17.1 Å². The summed E-state index contributed by atoms with van der Waals surface area (Å²) in [6.07, 6.45) is 0. The molecule has 0 aliphatic rings. The minimum atomic E-state index is -3.61. The second-order valence-corrected chi connectivity index (χ2v) is 7.10. The SMILES string of the molecule is COc1ccc2c(C)nc(S(=O)(=O)Cc3ccccc3)nc2c1. The monoisotopic (exact) mass is 328 g/mol. The molecule has 2 aromatic carbocycles. The molecule has 0 amide bonds. The molecule has 23 heavy (non-hydrogen) atoms. The van der Waals surface area contributed by atoms with Crippen LogP contribution in [0.3, 0.4) is 0 Å². The molecule has 118 valence electrons. The topological polar surface area (TPSA) is 69.2 Å². The number of benzene rings is 2. The van der Waals surface area contributed by atoms with Crippen LogP contribution in [-0.2, 0) is 15.6 Å². The Morgan fingerprint density at radius 3 is 2.48 bits per heavy atom. The van der Waals surface area contributed by atoms with E-state index in [9.17, 15) is 8.42 Å². The lowest BCUT2D eigenvalue weighted by molar-refractivity contribution is 0.415. The molecule has 0 saturated carbocycles. The van der Waals surface area contributed by atoms with Gasteiger partial charge >= 0.3 is 0 Å². The van der Waals surface area contributed by atoms with Crippen LogP contribution in [-0.4, -0.2) is 25.5 Å². The van der Waals surface area contributed by atoms with Crippen LogP contribution in [0.2, 0.25) is 0 Å². The number of hydrogen-bond acceptors (Lipinski definition) is 5. The van der Waals surface area contributed by atoms with Crippen molar-refractivity contribution >= 4 is 20.7 Å². The van der Waals surface area contributed by atoms with E-state index in [1.165, 1.54) is 0 Å². The van der Waals surface area contributed by atoms with Crippen LogP contribution in [0.25, 0.3) is 10.9 Å². The average molecular weight is 328 g/mol. The summed E-state index contributed by atoms with van der Waals surface area (Å²) in [6.45, 7) is 1.78. The maximum atomic E-state index is 12.6. The Balaban J connectivity index is 2.08. The van der Waals surface area contributed by atoms with E-state index in [1.54, 1.807) is 38.3 Å². The van der Waals surface area contributed by atoms with Gasteiger partial charge in [-0.25, -0.2) is 18.4 Å². The number of fused-ring (bicyclic) bond motifs is 1. The third-order valence-corrected chi connectivity index (χ3v) is 5.00. The number of rotatable bonds is 4. The van der Waals surface area contributed by atoms with E-state index in [0.29, 0.717) is 22.5 Å². The average Bonchev–Trinajstić information content (AvgIpc) is 2.54. The predicted octanol–water partition coefficient (Wildman–Crippen LogP) is 2.92. The third kappa shape index (κ3) is 3.17. The lowest BCUT2D eigenvalue weighted by atomic mass is 10.2. The van der Waals surface area contributed by atoms with Crippen LogP contribution in [0, 0.1) is 6.92 Å². The first kappa shape index (κ1) is 15.4. The molecule has 0 atom stereocenters. The summed E-state index contributed by atoms with van der Waals surface area (Å²) in [6, 6.07) is 14.4. The van der Waals surface area contributed by atoms with Crippen molar-refractivity contribution in [1.29, 1.82) is 0 Å². The van der Waals surface area contributed by atoms with E-state index in [0.717, 1.165) is 5.39 Å². The van der Waals surface area contributed by atoms with Crippen LogP contribution in [0.5, 0.6) is 5.75 Å². The normalized spacial score (nSPS) is 11.6. The summed E-state index contributed by atoms with van der Waals surface area (Å²) in [7, 11) is -2.05. The molecule has 0 N–H and O–H groups in total. The van der Waals surface area contributed by atoms with Crippen molar-refractivity contribution in [2.24, 2.45) is 0 Å². The number of aromatic nitrogens is 2. The van der Waals surface area contributed by atoms with Gasteiger partial charge in [-0.2, -0.15) is 0 Å². The molecule has 0 fully saturated rings. The van der Waals surface area contributed by atoms with Crippen molar-refractivity contribution in [3.8, 4) is 5.75 Å². The Labute approximate surface area is 134 Å². The van der Waals surface area contributed by atoms with Crippen LogP contribution >= 0.6 is 0 Å². The summed E-state index contributed by atoms with van der Waals surface area (Å²) in [5.41, 5.74) is 1.90. The van der Waals surface area contributed by atoms with E-state index < -0.39 is 9.84 Å². The first-order valence-electron chi connectivity index (χ1n) is 7.09. The fourth-order valence-electron chi connectivity index (χ4n) is 2.37. The van der Waals surface area contributed by atoms with Gasteiger partial charge in [0.2, 0.25) is 15.0 Å². The van der Waals surface area contributed by atoms with Gasteiger partial charge in [-0.15, -0.1) is 0 Å². The van der Waals surface area contributed by atoms with Crippen LogP contribution in [0.4, 0.5) is 0 Å². The fraction of sp³-hybridized carbons (Fsp3) is 0.176. The van der Waals surface area contributed by atoms with Gasteiger partial charge in [-0.3, -0.25) is 0 Å². The highest BCUT2D eigenvalue weighted by atomic mass is 32.2. The second-order valence-electron chi connectivity index (χ2n) is 5.22. The highest BCUT2D eigenvalue weighted by molar-refractivity contribution is 7.90. The van der Waals surface area contributed by atoms with Gasteiger partial charge in [0.15, 0.2) is 0 Å². The minimum Gasteiger partial charge on any atom is -0.497 e. The van der Waals surface area contributed by atoms with Crippen molar-refractivity contribution in [1.82, 2.24) is 9.97 Å². The van der Waals surface area contributed by atoms with Gasteiger partial charge < -0.3 is 4.74 Å². The van der Waals surface area contributed by atoms with Gasteiger partial charge in [-0.1, -0.05) is 30.3 Å². The van der Waals surface area contributed by atoms with Crippen LogP contribution < -0.4 is 4.74 Å². The molecule has 5 nitrogen and oxygen atoms in total. The van der Waals surface area contributed by atoms with Crippen molar-refractivity contribution in [3.63, 3.8) is 0 Å². The Morgan fingerprint density at radius 2 is 1.78 bits per heavy atom. The predicted molar refractivity (Wildman–Crippen MR) is 88.2 cm³/mol. The second kappa shape index (κ2) is 5.96. The molecule has 0 bridgehead atoms. The van der Waals surface area contributed by atoms with Crippen molar-refractivity contribution < 1.29 is 13.2 Å². The molecule has 1 aromatic heterocycles. The van der Waals surface area contributed by atoms with Crippen molar-refractivity contribution in [2.75, 3.05) is 7.11 Å². The number of hydrogen-bond donors (Lipinski definition) is 0. The Hall–Kier alpha value is -2.47. The Morgan fingerprint density at radius 1 is 1.04 bits per heavy atom. The molecule has 0 unspecified atom stereocenters. The van der Waals surface area contributed by atoms with E-state index in [4.69, 9.17) is 4.74 Å². The maximum Gasteiger partial charge on any atom is 0.248 e. The lowest BCUT2D eigenvalue weighted by Crippen LogP contribution is -2.10. The Kier molecular flexibility index (Phi) is 4.00. The zero-order valence-electron chi connectivity index (χ0n) is 12.9. The molecular weight excluding hydrogens is 312 g/mol.